The van der Waals surface area contributed by atoms with E-state index >= 15 is 0 Å². The first kappa shape index (κ1) is 28.5. The Morgan fingerprint density at radius 1 is 1.03 bits per heavy atom. The fraction of sp³-hybridized carbons (Fsp3) is 0.484. The Labute approximate surface area is 222 Å². The van der Waals surface area contributed by atoms with E-state index in [0.29, 0.717) is 23.9 Å². The summed E-state index contributed by atoms with van der Waals surface area (Å²) in [4.78, 5) is 20.6. The zero-order chi connectivity index (χ0) is 26.5. The van der Waals surface area contributed by atoms with Crippen molar-refractivity contribution in [1.29, 1.82) is 0 Å². The molecular formula is C31H43N3O3. The number of methoxy groups -OCH3 is 1. The van der Waals surface area contributed by atoms with Gasteiger partial charge in [0.2, 0.25) is 0 Å². The molecule has 0 saturated carbocycles. The van der Waals surface area contributed by atoms with Gasteiger partial charge in [0.05, 0.1) is 18.9 Å². The van der Waals surface area contributed by atoms with Crippen molar-refractivity contribution < 1.29 is 14.4 Å². The van der Waals surface area contributed by atoms with Gasteiger partial charge in [0.1, 0.15) is 12.4 Å². The predicted molar refractivity (Wildman–Crippen MR) is 152 cm³/mol. The minimum atomic E-state index is -0.162. The van der Waals surface area contributed by atoms with Gasteiger partial charge in [0.15, 0.2) is 0 Å². The van der Waals surface area contributed by atoms with Crippen LogP contribution in [0.1, 0.15) is 77.3 Å². The Kier molecular flexibility index (Phi) is 11.7. The molecule has 1 aliphatic heterocycles. The second-order valence-corrected chi connectivity index (χ2v) is 9.60. The number of amides is 1. The van der Waals surface area contributed by atoms with Gasteiger partial charge in [-0.15, -0.1) is 0 Å². The molecule has 2 aromatic carbocycles. The molecule has 1 heterocycles. The summed E-state index contributed by atoms with van der Waals surface area (Å²) in [5.41, 5.74) is 3.32. The number of nitrogens with one attached hydrogen (secondary N) is 1. The molecular weight excluding hydrogens is 462 g/mol. The van der Waals surface area contributed by atoms with Crippen molar-refractivity contribution in [1.82, 2.24) is 5.32 Å². The zero-order valence-corrected chi connectivity index (χ0v) is 22.9. The van der Waals surface area contributed by atoms with Crippen LogP contribution in [0.15, 0.2) is 71.4 Å². The standard InChI is InChI=1S/C31H43N3O3/c1-5-7-16-26(32-6-2)17-12-9-13-22-37-33-24(3)23-29-30(25-14-10-8-11-15-25)34(31(29)35)27-18-20-28(36-4)21-19-27/h8,10-11,14-15,18-21,23,26,30,32H,5-7,9,12-13,16-17,22H2,1-4H3/b29-23+,33-24+. The van der Waals surface area contributed by atoms with Crippen LogP contribution < -0.4 is 15.0 Å². The molecule has 1 N–H and O–H groups in total. The maximum atomic E-state index is 13.2. The third kappa shape index (κ3) is 8.19. The van der Waals surface area contributed by atoms with E-state index in [1.54, 1.807) is 7.11 Å². The highest BCUT2D eigenvalue weighted by Crippen LogP contribution is 2.43. The number of nitrogens with zero attached hydrogens (tertiary/aromatic N) is 2. The van der Waals surface area contributed by atoms with Gasteiger partial charge in [-0.2, -0.15) is 0 Å². The van der Waals surface area contributed by atoms with Gasteiger partial charge >= 0.3 is 0 Å². The SMILES string of the molecule is CCCCC(CCCCCO/N=C(C)/C=C1/C(=O)N(c2ccc(OC)cc2)C1c1ccccc1)NCC. The van der Waals surface area contributed by atoms with Gasteiger partial charge < -0.3 is 14.9 Å². The van der Waals surface area contributed by atoms with E-state index < -0.39 is 0 Å². The predicted octanol–water partition coefficient (Wildman–Crippen LogP) is 6.83. The van der Waals surface area contributed by atoms with E-state index in [9.17, 15) is 4.79 Å². The zero-order valence-electron chi connectivity index (χ0n) is 22.9. The maximum absolute atomic E-state index is 13.2. The maximum Gasteiger partial charge on any atom is 0.257 e. The topological polar surface area (TPSA) is 63.2 Å². The molecule has 3 rings (SSSR count). The summed E-state index contributed by atoms with van der Waals surface area (Å²) in [6, 6.07) is 18.1. The number of hydrogen-bond donors (Lipinski definition) is 1. The van der Waals surface area contributed by atoms with Crippen molar-refractivity contribution in [2.75, 3.05) is 25.2 Å². The number of β-lactam (4-membered cyclic amide) rings is 1. The van der Waals surface area contributed by atoms with Gasteiger partial charge in [0, 0.05) is 17.3 Å². The van der Waals surface area contributed by atoms with E-state index in [1.807, 2.05) is 72.5 Å². The summed E-state index contributed by atoms with van der Waals surface area (Å²) in [7, 11) is 1.64. The average Bonchev–Trinajstić information content (AvgIpc) is 2.93. The summed E-state index contributed by atoms with van der Waals surface area (Å²) < 4.78 is 5.27. The summed E-state index contributed by atoms with van der Waals surface area (Å²) in [6.07, 6.45) is 10.2. The molecule has 6 nitrogen and oxygen atoms in total. The molecule has 0 aliphatic carbocycles. The first-order chi connectivity index (χ1) is 18.1. The normalized spacial score (nSPS) is 17.6. The van der Waals surface area contributed by atoms with Gasteiger partial charge in [-0.05, 0) is 75.1 Å². The van der Waals surface area contributed by atoms with Crippen molar-refractivity contribution >= 4 is 17.3 Å². The number of unbranched alkanes of at least 4 members (excludes halogenated alkanes) is 3. The molecule has 0 radical (unpaired) electrons. The minimum absolute atomic E-state index is 0.0214. The van der Waals surface area contributed by atoms with Crippen molar-refractivity contribution in [3.8, 4) is 5.75 Å². The Hall–Kier alpha value is -3.12. The first-order valence-corrected chi connectivity index (χ1v) is 13.7. The van der Waals surface area contributed by atoms with Crippen LogP contribution in [0.3, 0.4) is 0 Å². The monoisotopic (exact) mass is 505 g/mol. The molecule has 1 amide bonds. The molecule has 2 unspecified atom stereocenters. The van der Waals surface area contributed by atoms with Crippen LogP contribution in [0, 0.1) is 0 Å². The van der Waals surface area contributed by atoms with Crippen molar-refractivity contribution in [2.45, 2.75) is 77.8 Å². The number of anilines is 1. The average molecular weight is 506 g/mol. The largest absolute Gasteiger partial charge is 0.497 e. The number of allylic oxidation sites excluding steroid dienone is 1. The molecule has 2 aromatic rings. The van der Waals surface area contributed by atoms with E-state index in [2.05, 4.69) is 24.3 Å². The van der Waals surface area contributed by atoms with E-state index in [0.717, 1.165) is 36.4 Å². The Balaban J connectivity index is 1.55. The lowest BCUT2D eigenvalue weighted by Gasteiger charge is -2.43. The Bertz CT molecular complexity index is 1020. The molecule has 2 atom stereocenters. The lowest BCUT2D eigenvalue weighted by Crippen LogP contribution is -2.49. The molecule has 0 spiro atoms. The van der Waals surface area contributed by atoms with Gasteiger partial charge in [-0.1, -0.05) is 68.6 Å². The smallest absolute Gasteiger partial charge is 0.257 e. The first-order valence-electron chi connectivity index (χ1n) is 13.7. The number of carbonyl (C=O) groups is 1. The third-order valence-corrected chi connectivity index (χ3v) is 6.74. The van der Waals surface area contributed by atoms with Crippen molar-refractivity contribution in [2.24, 2.45) is 5.16 Å². The quantitative estimate of drug-likeness (QED) is 0.0893. The molecule has 37 heavy (non-hydrogen) atoms. The van der Waals surface area contributed by atoms with Crippen LogP contribution in [0.4, 0.5) is 5.69 Å². The second-order valence-electron chi connectivity index (χ2n) is 9.60. The fourth-order valence-electron chi connectivity index (χ4n) is 4.78. The molecule has 1 saturated heterocycles. The summed E-state index contributed by atoms with van der Waals surface area (Å²) >= 11 is 0. The Morgan fingerprint density at radius 3 is 2.43 bits per heavy atom. The lowest BCUT2D eigenvalue weighted by atomic mass is 9.86. The fourth-order valence-corrected chi connectivity index (χ4v) is 4.78. The Morgan fingerprint density at radius 2 is 1.76 bits per heavy atom. The number of rotatable bonds is 16. The van der Waals surface area contributed by atoms with Crippen LogP contribution in [0.5, 0.6) is 5.75 Å². The summed E-state index contributed by atoms with van der Waals surface area (Å²) in [6.45, 7) is 7.94. The third-order valence-electron chi connectivity index (χ3n) is 6.74. The molecule has 1 fully saturated rings. The molecule has 200 valence electrons. The number of ether oxygens (including phenoxy) is 1. The number of hydrogen-bond acceptors (Lipinski definition) is 5. The van der Waals surface area contributed by atoms with E-state index in [-0.39, 0.29) is 11.9 Å². The van der Waals surface area contributed by atoms with Gasteiger partial charge in [0.25, 0.3) is 5.91 Å². The van der Waals surface area contributed by atoms with Gasteiger partial charge in [-0.25, -0.2) is 0 Å². The molecule has 1 aliphatic rings. The van der Waals surface area contributed by atoms with Crippen LogP contribution in [0.25, 0.3) is 0 Å². The summed E-state index contributed by atoms with van der Waals surface area (Å²) in [5.74, 6) is 0.740. The summed E-state index contributed by atoms with van der Waals surface area (Å²) in [5, 5.41) is 7.88. The molecule has 6 heteroatoms. The second kappa shape index (κ2) is 15.2. The highest BCUT2D eigenvalue weighted by molar-refractivity contribution is 6.18. The molecule has 0 aromatic heterocycles. The van der Waals surface area contributed by atoms with Crippen LogP contribution in [0.2, 0.25) is 0 Å². The van der Waals surface area contributed by atoms with Crippen LogP contribution >= 0.6 is 0 Å². The van der Waals surface area contributed by atoms with Gasteiger partial charge in [-0.3, -0.25) is 9.69 Å². The highest BCUT2D eigenvalue weighted by atomic mass is 16.6. The van der Waals surface area contributed by atoms with E-state index in [1.165, 1.54) is 32.1 Å². The number of benzene rings is 2. The van der Waals surface area contributed by atoms with E-state index in [4.69, 9.17) is 9.57 Å². The van der Waals surface area contributed by atoms with Crippen molar-refractivity contribution in [3.63, 3.8) is 0 Å². The lowest BCUT2D eigenvalue weighted by molar-refractivity contribution is -0.119. The minimum Gasteiger partial charge on any atom is -0.497 e. The number of oxime groups is 1. The van der Waals surface area contributed by atoms with Crippen molar-refractivity contribution in [3.05, 3.63) is 71.8 Å². The molecule has 0 bridgehead atoms. The van der Waals surface area contributed by atoms with Crippen LogP contribution in [-0.4, -0.2) is 37.9 Å². The highest BCUT2D eigenvalue weighted by Gasteiger charge is 2.43. The van der Waals surface area contributed by atoms with Crippen LogP contribution in [-0.2, 0) is 9.63 Å². The number of carbonyl (C=O) groups excluding carboxylic acids is 1.